The third kappa shape index (κ3) is 5.08. The Balaban J connectivity index is 1.62. The largest absolute Gasteiger partial charge is 0.334 e. The van der Waals surface area contributed by atoms with Gasteiger partial charge in [0.15, 0.2) is 0 Å². The van der Waals surface area contributed by atoms with Gasteiger partial charge < -0.3 is 4.90 Å². The first-order valence-corrected chi connectivity index (χ1v) is 12.2. The highest BCUT2D eigenvalue weighted by Crippen LogP contribution is 2.35. The van der Waals surface area contributed by atoms with E-state index in [1.807, 2.05) is 18.2 Å². The van der Waals surface area contributed by atoms with Crippen LogP contribution in [0.5, 0.6) is 0 Å². The molecule has 0 radical (unpaired) electrons. The maximum atomic E-state index is 9.96. The number of quaternary nitrogens is 1. The zero-order chi connectivity index (χ0) is 19.9. The Labute approximate surface area is 181 Å². The van der Waals surface area contributed by atoms with Crippen LogP contribution in [0.2, 0.25) is 0 Å². The number of nitriles is 1. The number of aromatic nitrogens is 1. The zero-order valence-electron chi connectivity index (χ0n) is 16.6. The fourth-order valence-corrected chi connectivity index (χ4v) is 5.63. The van der Waals surface area contributed by atoms with Gasteiger partial charge >= 0.3 is 0 Å². The molecule has 0 saturated carbocycles. The molecule has 2 aromatic heterocycles. The lowest BCUT2D eigenvalue weighted by atomic mass is 10.0. The summed E-state index contributed by atoms with van der Waals surface area (Å²) in [5.74, 6) is 0.999. The number of hydrogen-bond donors (Lipinski definition) is 1. The van der Waals surface area contributed by atoms with Gasteiger partial charge in [-0.25, -0.2) is 4.98 Å². The van der Waals surface area contributed by atoms with E-state index in [-0.39, 0.29) is 0 Å². The van der Waals surface area contributed by atoms with Crippen molar-refractivity contribution in [2.75, 3.05) is 25.4 Å². The Morgan fingerprint density at radius 1 is 1.03 bits per heavy atom. The molecule has 1 aromatic carbocycles. The first-order valence-electron chi connectivity index (χ1n) is 10.4. The molecule has 1 fully saturated rings. The second-order valence-electron chi connectivity index (χ2n) is 7.45. The average Bonchev–Trinajstić information content (AvgIpc) is 3.18. The minimum Gasteiger partial charge on any atom is -0.334 e. The normalized spacial score (nSPS) is 15.0. The van der Waals surface area contributed by atoms with Crippen molar-refractivity contribution in [2.24, 2.45) is 0 Å². The van der Waals surface area contributed by atoms with Gasteiger partial charge in [-0.15, -0.1) is 11.3 Å². The second-order valence-corrected chi connectivity index (χ2v) is 9.48. The molecule has 1 N–H and O–H groups in total. The highest BCUT2D eigenvalue weighted by Gasteiger charge is 2.17. The number of hydrogen-bond acceptors (Lipinski definition) is 4. The van der Waals surface area contributed by atoms with Crippen LogP contribution in [0.15, 0.2) is 58.9 Å². The lowest BCUT2D eigenvalue weighted by Crippen LogP contribution is -3.12. The predicted octanol–water partition coefficient (Wildman–Crippen LogP) is 4.90. The highest BCUT2D eigenvalue weighted by molar-refractivity contribution is 7.99. The van der Waals surface area contributed by atoms with Crippen LogP contribution in [-0.4, -0.2) is 30.4 Å². The van der Waals surface area contributed by atoms with Crippen LogP contribution >= 0.6 is 23.1 Å². The van der Waals surface area contributed by atoms with Crippen LogP contribution in [0, 0.1) is 11.3 Å². The van der Waals surface area contributed by atoms with Crippen LogP contribution in [0.1, 0.15) is 31.2 Å². The number of thioether (sulfide) groups is 1. The van der Waals surface area contributed by atoms with Crippen molar-refractivity contribution in [3.8, 4) is 27.8 Å². The van der Waals surface area contributed by atoms with Crippen molar-refractivity contribution < 1.29 is 4.90 Å². The van der Waals surface area contributed by atoms with Crippen molar-refractivity contribution >= 4 is 23.1 Å². The lowest BCUT2D eigenvalue weighted by Gasteiger charge is -2.17. The third-order valence-electron chi connectivity index (χ3n) is 5.46. The molecule has 0 bridgehead atoms. The molecule has 3 nitrogen and oxygen atoms in total. The van der Waals surface area contributed by atoms with E-state index >= 15 is 0 Å². The molecule has 0 amide bonds. The van der Waals surface area contributed by atoms with Crippen LogP contribution in [0.4, 0.5) is 0 Å². The van der Waals surface area contributed by atoms with Crippen molar-refractivity contribution in [2.45, 2.75) is 30.7 Å². The smallest absolute Gasteiger partial charge is 0.115 e. The van der Waals surface area contributed by atoms with Crippen molar-refractivity contribution in [1.82, 2.24) is 4.98 Å². The van der Waals surface area contributed by atoms with Crippen LogP contribution < -0.4 is 4.90 Å². The molecule has 148 valence electrons. The summed E-state index contributed by atoms with van der Waals surface area (Å²) in [6.45, 7) is 3.70. The van der Waals surface area contributed by atoms with E-state index in [1.165, 1.54) is 38.8 Å². The SMILES string of the molecule is N#Cc1c(-c2ccccc2)cc(-c2cccs2)nc1SCC[NH+]1CCCCCC1. The Bertz CT molecular complexity index is 954. The Morgan fingerprint density at radius 3 is 2.52 bits per heavy atom. The Hall–Kier alpha value is -2.13. The number of nitrogens with one attached hydrogen (secondary N) is 1. The molecular formula is C24H26N3S2+. The molecule has 1 aliphatic rings. The summed E-state index contributed by atoms with van der Waals surface area (Å²) in [7, 11) is 0. The van der Waals surface area contributed by atoms with E-state index in [9.17, 15) is 5.26 Å². The van der Waals surface area contributed by atoms with Crippen molar-refractivity contribution in [3.63, 3.8) is 0 Å². The van der Waals surface area contributed by atoms with Gasteiger partial charge in [0.2, 0.25) is 0 Å². The van der Waals surface area contributed by atoms with E-state index < -0.39 is 0 Å². The summed E-state index contributed by atoms with van der Waals surface area (Å²) >= 11 is 3.43. The number of pyridine rings is 1. The number of thiophene rings is 1. The number of nitrogens with zero attached hydrogens (tertiary/aromatic N) is 2. The molecular weight excluding hydrogens is 394 g/mol. The second kappa shape index (κ2) is 10.1. The first kappa shape index (κ1) is 20.2. The maximum Gasteiger partial charge on any atom is 0.115 e. The van der Waals surface area contributed by atoms with Crippen LogP contribution in [0.25, 0.3) is 21.7 Å². The highest BCUT2D eigenvalue weighted by atomic mass is 32.2. The minimum atomic E-state index is 0.701. The van der Waals surface area contributed by atoms with E-state index in [2.05, 4.69) is 41.8 Å². The van der Waals surface area contributed by atoms with Gasteiger partial charge in [0, 0.05) is 11.3 Å². The molecule has 0 unspecified atom stereocenters. The summed E-state index contributed by atoms with van der Waals surface area (Å²) in [4.78, 5) is 7.76. The average molecular weight is 421 g/mol. The van der Waals surface area contributed by atoms with E-state index in [0.717, 1.165) is 39.0 Å². The van der Waals surface area contributed by atoms with E-state index in [1.54, 1.807) is 28.0 Å². The van der Waals surface area contributed by atoms with Gasteiger partial charge in [0.1, 0.15) is 11.1 Å². The van der Waals surface area contributed by atoms with Gasteiger partial charge in [0.25, 0.3) is 0 Å². The summed E-state index contributed by atoms with van der Waals surface area (Å²) in [5, 5.41) is 12.9. The molecule has 5 heteroatoms. The van der Waals surface area contributed by atoms with Crippen LogP contribution in [0.3, 0.4) is 0 Å². The quantitative estimate of drug-likeness (QED) is 0.577. The maximum absolute atomic E-state index is 9.96. The molecule has 0 spiro atoms. The third-order valence-corrected chi connectivity index (χ3v) is 7.33. The van der Waals surface area contributed by atoms with Gasteiger partial charge in [-0.05, 0) is 48.8 Å². The summed E-state index contributed by atoms with van der Waals surface area (Å²) < 4.78 is 0. The van der Waals surface area contributed by atoms with Gasteiger partial charge in [-0.2, -0.15) is 5.26 Å². The lowest BCUT2D eigenvalue weighted by molar-refractivity contribution is -0.896. The van der Waals surface area contributed by atoms with E-state index in [0.29, 0.717) is 5.56 Å². The number of benzene rings is 1. The van der Waals surface area contributed by atoms with Gasteiger partial charge in [-0.3, -0.25) is 0 Å². The predicted molar refractivity (Wildman–Crippen MR) is 122 cm³/mol. The molecule has 29 heavy (non-hydrogen) atoms. The monoisotopic (exact) mass is 420 g/mol. The van der Waals surface area contributed by atoms with E-state index in [4.69, 9.17) is 4.98 Å². The fraction of sp³-hybridized carbons (Fsp3) is 0.333. The molecule has 3 heterocycles. The fourth-order valence-electron chi connectivity index (χ4n) is 3.90. The van der Waals surface area contributed by atoms with Crippen molar-refractivity contribution in [1.29, 1.82) is 5.26 Å². The van der Waals surface area contributed by atoms with Crippen LogP contribution in [-0.2, 0) is 0 Å². The van der Waals surface area contributed by atoms with Gasteiger partial charge in [-0.1, -0.05) is 48.2 Å². The Kier molecular flexibility index (Phi) is 7.00. The first-order chi connectivity index (χ1) is 14.3. The zero-order valence-corrected chi connectivity index (χ0v) is 18.2. The number of likely N-dealkylation sites (tertiary alicyclic amines) is 1. The minimum absolute atomic E-state index is 0.701. The molecule has 0 aliphatic carbocycles. The molecule has 1 aliphatic heterocycles. The summed E-state index contributed by atoms with van der Waals surface area (Å²) in [6.07, 6.45) is 5.43. The Morgan fingerprint density at radius 2 is 1.83 bits per heavy atom. The molecule has 4 rings (SSSR count). The van der Waals surface area contributed by atoms with Crippen molar-refractivity contribution in [3.05, 3.63) is 59.5 Å². The molecule has 3 aromatic rings. The molecule has 1 saturated heterocycles. The topological polar surface area (TPSA) is 41.1 Å². The van der Waals surface area contributed by atoms with Gasteiger partial charge in [0.05, 0.1) is 35.8 Å². The molecule has 0 atom stereocenters. The summed E-state index contributed by atoms with van der Waals surface area (Å²) in [6, 6.07) is 18.9. The standard InChI is InChI=1S/C24H25N3S2/c25-18-21-20(19-9-4-3-5-10-19)17-22(23-11-8-15-28-23)26-24(21)29-16-14-27-12-6-1-2-7-13-27/h3-5,8-11,15,17H,1-2,6-7,12-14,16H2/p+1. The summed E-state index contributed by atoms with van der Waals surface area (Å²) in [5.41, 5.74) is 3.72. The number of rotatable bonds is 6.